The average molecular weight is 366 g/mol. The van der Waals surface area contributed by atoms with Crippen LogP contribution < -0.4 is 5.32 Å². The summed E-state index contributed by atoms with van der Waals surface area (Å²) in [6.07, 6.45) is 1.67. The van der Waals surface area contributed by atoms with Crippen molar-refractivity contribution in [3.63, 3.8) is 0 Å². The summed E-state index contributed by atoms with van der Waals surface area (Å²) in [7, 11) is 0. The predicted octanol–water partition coefficient (Wildman–Crippen LogP) is 3.59. The number of nitrogens with one attached hydrogen (secondary N) is 1. The topological polar surface area (TPSA) is 59.8 Å². The number of amides is 1. The highest BCUT2D eigenvalue weighted by Crippen LogP contribution is 2.20. The molecule has 3 rings (SSSR count). The lowest BCUT2D eigenvalue weighted by molar-refractivity contribution is -0.118. The van der Waals surface area contributed by atoms with E-state index in [0.29, 0.717) is 17.5 Å². The highest BCUT2D eigenvalue weighted by molar-refractivity contribution is 7.99. The minimum atomic E-state index is -0.00348. The molecule has 0 spiro atoms. The van der Waals surface area contributed by atoms with E-state index in [2.05, 4.69) is 34.6 Å². The second-order valence-electron chi connectivity index (χ2n) is 6.22. The van der Waals surface area contributed by atoms with Crippen LogP contribution in [0.5, 0.6) is 0 Å². The first kappa shape index (κ1) is 18.2. The smallest absolute Gasteiger partial charge is 0.230 e. The van der Waals surface area contributed by atoms with Gasteiger partial charge in [0.15, 0.2) is 5.16 Å². The summed E-state index contributed by atoms with van der Waals surface area (Å²) in [5, 5.41) is 11.8. The minimum absolute atomic E-state index is 0.00348. The van der Waals surface area contributed by atoms with Gasteiger partial charge in [0, 0.05) is 12.2 Å². The lowest BCUT2D eigenvalue weighted by Gasteiger charge is -2.13. The van der Waals surface area contributed by atoms with Crippen LogP contribution in [0.4, 0.5) is 0 Å². The number of hydrogen-bond acceptors (Lipinski definition) is 4. The normalized spacial score (nSPS) is 11.9. The predicted molar refractivity (Wildman–Crippen MR) is 105 cm³/mol. The molecular formula is C20H22N4OS. The molecule has 1 unspecified atom stereocenters. The quantitative estimate of drug-likeness (QED) is 0.649. The average Bonchev–Trinajstić information content (AvgIpc) is 3.14. The maximum atomic E-state index is 12.2. The van der Waals surface area contributed by atoms with E-state index in [-0.39, 0.29) is 11.8 Å². The van der Waals surface area contributed by atoms with Crippen LogP contribution >= 0.6 is 11.8 Å². The van der Waals surface area contributed by atoms with Crippen molar-refractivity contribution in [1.29, 1.82) is 0 Å². The standard InChI is InChI=1S/C20H22N4OS/c1-15-8-10-18(11-9-15)24-14-22-23-20(24)26-13-19(25)21-12-16(2)17-6-4-3-5-7-17/h3-11,14,16H,12-13H2,1-2H3,(H,21,25). The summed E-state index contributed by atoms with van der Waals surface area (Å²) < 4.78 is 1.89. The Hall–Kier alpha value is -2.60. The molecule has 3 aromatic rings. The fourth-order valence-corrected chi connectivity index (χ4v) is 3.31. The van der Waals surface area contributed by atoms with Crippen LogP contribution in [-0.2, 0) is 4.79 Å². The fraction of sp³-hybridized carbons (Fsp3) is 0.250. The first-order valence-electron chi connectivity index (χ1n) is 8.55. The lowest BCUT2D eigenvalue weighted by atomic mass is 10.0. The van der Waals surface area contributed by atoms with Gasteiger partial charge in [-0.3, -0.25) is 9.36 Å². The number of aromatic nitrogens is 3. The molecule has 1 N–H and O–H groups in total. The zero-order chi connectivity index (χ0) is 18.4. The number of benzene rings is 2. The summed E-state index contributed by atoms with van der Waals surface area (Å²) in [5.74, 6) is 0.587. The Morgan fingerprint density at radius 3 is 2.62 bits per heavy atom. The number of rotatable bonds is 7. The van der Waals surface area contributed by atoms with Gasteiger partial charge in [0.05, 0.1) is 5.75 Å². The van der Waals surface area contributed by atoms with E-state index in [4.69, 9.17) is 0 Å². The SMILES string of the molecule is Cc1ccc(-n2cnnc2SCC(=O)NCC(C)c2ccccc2)cc1. The number of hydrogen-bond donors (Lipinski definition) is 1. The van der Waals surface area contributed by atoms with Crippen LogP contribution in [0.25, 0.3) is 5.69 Å². The molecule has 6 heteroatoms. The number of thioether (sulfide) groups is 1. The first-order valence-corrected chi connectivity index (χ1v) is 9.53. The molecule has 26 heavy (non-hydrogen) atoms. The van der Waals surface area contributed by atoms with Crippen molar-refractivity contribution in [2.75, 3.05) is 12.3 Å². The summed E-state index contributed by atoms with van der Waals surface area (Å²) in [5.41, 5.74) is 3.41. The first-order chi connectivity index (χ1) is 12.6. The molecule has 0 aliphatic carbocycles. The van der Waals surface area contributed by atoms with Crippen molar-refractivity contribution in [3.8, 4) is 5.69 Å². The minimum Gasteiger partial charge on any atom is -0.355 e. The Morgan fingerprint density at radius 1 is 1.15 bits per heavy atom. The van der Waals surface area contributed by atoms with E-state index in [0.717, 1.165) is 5.69 Å². The molecule has 1 amide bonds. The molecule has 0 saturated carbocycles. The molecule has 0 aliphatic rings. The molecule has 5 nitrogen and oxygen atoms in total. The lowest BCUT2D eigenvalue weighted by Crippen LogP contribution is -2.29. The largest absolute Gasteiger partial charge is 0.355 e. The third kappa shape index (κ3) is 4.73. The molecule has 1 aromatic heterocycles. The molecule has 0 saturated heterocycles. The Morgan fingerprint density at radius 2 is 1.88 bits per heavy atom. The van der Waals surface area contributed by atoms with E-state index in [9.17, 15) is 4.79 Å². The summed E-state index contributed by atoms with van der Waals surface area (Å²) in [6, 6.07) is 18.3. The van der Waals surface area contributed by atoms with Crippen molar-refractivity contribution in [3.05, 3.63) is 72.1 Å². The van der Waals surface area contributed by atoms with Gasteiger partial charge in [-0.25, -0.2) is 0 Å². The summed E-state index contributed by atoms with van der Waals surface area (Å²) in [6.45, 7) is 4.78. The van der Waals surface area contributed by atoms with Gasteiger partial charge in [-0.1, -0.05) is 66.7 Å². The zero-order valence-electron chi connectivity index (χ0n) is 14.9. The third-order valence-electron chi connectivity index (χ3n) is 4.14. The Kier molecular flexibility index (Phi) is 6.07. The highest BCUT2D eigenvalue weighted by atomic mass is 32.2. The van der Waals surface area contributed by atoms with Crippen LogP contribution in [0.1, 0.15) is 24.0 Å². The fourth-order valence-electron chi connectivity index (χ4n) is 2.55. The molecule has 0 bridgehead atoms. The Labute approximate surface area is 157 Å². The van der Waals surface area contributed by atoms with Gasteiger partial charge in [-0.15, -0.1) is 10.2 Å². The van der Waals surface area contributed by atoms with Crippen molar-refractivity contribution >= 4 is 17.7 Å². The second kappa shape index (κ2) is 8.67. The number of carbonyl (C=O) groups is 1. The van der Waals surface area contributed by atoms with E-state index < -0.39 is 0 Å². The van der Waals surface area contributed by atoms with Gasteiger partial charge < -0.3 is 5.32 Å². The molecular weight excluding hydrogens is 344 g/mol. The van der Waals surface area contributed by atoms with Gasteiger partial charge in [-0.2, -0.15) is 0 Å². The van der Waals surface area contributed by atoms with Crippen molar-refractivity contribution in [1.82, 2.24) is 20.1 Å². The highest BCUT2D eigenvalue weighted by Gasteiger charge is 2.11. The van der Waals surface area contributed by atoms with Crippen LogP contribution in [0.3, 0.4) is 0 Å². The molecule has 0 aliphatic heterocycles. The van der Waals surface area contributed by atoms with Gasteiger partial charge in [0.2, 0.25) is 5.91 Å². The van der Waals surface area contributed by atoms with Gasteiger partial charge >= 0.3 is 0 Å². The van der Waals surface area contributed by atoms with E-state index >= 15 is 0 Å². The molecule has 134 valence electrons. The van der Waals surface area contributed by atoms with E-state index in [1.54, 1.807) is 6.33 Å². The Bertz CT molecular complexity index is 846. The number of carbonyl (C=O) groups excluding carboxylic acids is 1. The van der Waals surface area contributed by atoms with Crippen molar-refractivity contribution < 1.29 is 4.79 Å². The van der Waals surface area contributed by atoms with Crippen LogP contribution in [0, 0.1) is 6.92 Å². The maximum absolute atomic E-state index is 12.2. The van der Waals surface area contributed by atoms with Gasteiger partial charge in [0.1, 0.15) is 6.33 Å². The van der Waals surface area contributed by atoms with Crippen LogP contribution in [0.15, 0.2) is 66.1 Å². The second-order valence-corrected chi connectivity index (χ2v) is 7.17. The summed E-state index contributed by atoms with van der Waals surface area (Å²) in [4.78, 5) is 12.2. The maximum Gasteiger partial charge on any atom is 0.230 e. The summed E-state index contributed by atoms with van der Waals surface area (Å²) >= 11 is 1.39. The van der Waals surface area contributed by atoms with Crippen LogP contribution in [0.2, 0.25) is 0 Å². The molecule has 0 fully saturated rings. The van der Waals surface area contributed by atoms with Crippen LogP contribution in [-0.4, -0.2) is 33.0 Å². The van der Waals surface area contributed by atoms with Crippen molar-refractivity contribution in [2.45, 2.75) is 24.9 Å². The number of aryl methyl sites for hydroxylation is 1. The van der Waals surface area contributed by atoms with Gasteiger partial charge in [0.25, 0.3) is 0 Å². The zero-order valence-corrected chi connectivity index (χ0v) is 15.7. The van der Waals surface area contributed by atoms with E-state index in [1.807, 2.05) is 54.0 Å². The molecule has 1 heterocycles. The van der Waals surface area contributed by atoms with Gasteiger partial charge in [-0.05, 0) is 30.5 Å². The van der Waals surface area contributed by atoms with E-state index in [1.165, 1.54) is 22.9 Å². The number of nitrogens with zero attached hydrogens (tertiary/aromatic N) is 3. The Balaban J connectivity index is 1.52. The molecule has 0 radical (unpaired) electrons. The monoisotopic (exact) mass is 366 g/mol. The van der Waals surface area contributed by atoms with Crippen molar-refractivity contribution in [2.24, 2.45) is 0 Å². The third-order valence-corrected chi connectivity index (χ3v) is 5.08. The molecule has 2 aromatic carbocycles. The molecule has 1 atom stereocenters.